The van der Waals surface area contributed by atoms with E-state index in [1.54, 1.807) is 6.20 Å². The normalized spacial score (nSPS) is 12.6. The van der Waals surface area contributed by atoms with Gasteiger partial charge in [-0.05, 0) is 19.1 Å². The zero-order chi connectivity index (χ0) is 10.5. The Morgan fingerprint density at radius 3 is 3.00 bits per heavy atom. The van der Waals surface area contributed by atoms with Crippen molar-refractivity contribution in [1.82, 2.24) is 20.4 Å². The number of pyridine rings is 1. The average Bonchev–Trinajstić information content (AvgIpc) is 2.80. The second-order valence-corrected chi connectivity index (χ2v) is 3.20. The molecule has 2 rings (SSSR count). The summed E-state index contributed by atoms with van der Waals surface area (Å²) in [7, 11) is 0. The maximum Gasteiger partial charge on any atom is 0.213 e. The molecule has 2 aromatic rings. The van der Waals surface area contributed by atoms with Crippen molar-refractivity contribution in [1.29, 1.82) is 0 Å². The van der Waals surface area contributed by atoms with Crippen molar-refractivity contribution in [3.63, 3.8) is 0 Å². The van der Waals surface area contributed by atoms with Crippen molar-refractivity contribution in [3.05, 3.63) is 42.3 Å². The number of hydrogen-bond acceptors (Lipinski definition) is 5. The van der Waals surface area contributed by atoms with Gasteiger partial charge in [-0.1, -0.05) is 11.2 Å². The molecule has 0 aliphatic heterocycles. The minimum Gasteiger partial charge on any atom is -0.343 e. The van der Waals surface area contributed by atoms with Gasteiger partial charge in [-0.15, -0.1) is 0 Å². The molecule has 0 fully saturated rings. The Hall–Kier alpha value is -1.75. The van der Waals surface area contributed by atoms with Crippen molar-refractivity contribution in [2.24, 2.45) is 0 Å². The van der Waals surface area contributed by atoms with Crippen LogP contribution in [0.4, 0.5) is 0 Å². The number of rotatable bonds is 4. The molecule has 15 heavy (non-hydrogen) atoms. The van der Waals surface area contributed by atoms with Crippen molar-refractivity contribution < 1.29 is 4.52 Å². The van der Waals surface area contributed by atoms with Gasteiger partial charge < -0.3 is 9.84 Å². The monoisotopic (exact) mass is 204 g/mol. The summed E-state index contributed by atoms with van der Waals surface area (Å²) >= 11 is 0. The maximum absolute atomic E-state index is 4.64. The Morgan fingerprint density at radius 2 is 2.33 bits per heavy atom. The summed E-state index contributed by atoms with van der Waals surface area (Å²) in [6.07, 6.45) is 3.10. The first-order chi connectivity index (χ1) is 7.36. The molecule has 5 heteroatoms. The molecule has 2 heterocycles. The van der Waals surface area contributed by atoms with Gasteiger partial charge in [0.2, 0.25) is 6.39 Å². The predicted molar refractivity (Wildman–Crippen MR) is 53.8 cm³/mol. The van der Waals surface area contributed by atoms with Crippen LogP contribution in [0.15, 0.2) is 35.3 Å². The molecule has 78 valence electrons. The Morgan fingerprint density at radius 1 is 1.40 bits per heavy atom. The molecule has 0 aliphatic rings. The number of nitrogens with zero attached hydrogens (tertiary/aromatic N) is 3. The molecule has 0 radical (unpaired) electrons. The van der Waals surface area contributed by atoms with Crippen molar-refractivity contribution in [3.8, 4) is 0 Å². The molecule has 5 nitrogen and oxygen atoms in total. The van der Waals surface area contributed by atoms with Crippen LogP contribution in [0.2, 0.25) is 0 Å². The Balaban J connectivity index is 1.90. The van der Waals surface area contributed by atoms with Crippen LogP contribution in [-0.4, -0.2) is 15.1 Å². The number of nitrogens with one attached hydrogen (secondary N) is 1. The predicted octanol–water partition coefficient (Wildman–Crippen LogP) is 1.32. The summed E-state index contributed by atoms with van der Waals surface area (Å²) in [6, 6.07) is 6.02. The van der Waals surface area contributed by atoms with E-state index in [0.29, 0.717) is 12.4 Å². The van der Waals surface area contributed by atoms with Crippen LogP contribution in [0.5, 0.6) is 0 Å². The fourth-order valence-corrected chi connectivity index (χ4v) is 1.25. The van der Waals surface area contributed by atoms with Gasteiger partial charge in [-0.25, -0.2) is 0 Å². The third-order valence-corrected chi connectivity index (χ3v) is 2.10. The molecule has 1 atom stereocenters. The molecular formula is C10H12N4O. The molecular weight excluding hydrogens is 192 g/mol. The molecule has 0 saturated carbocycles. The van der Waals surface area contributed by atoms with Gasteiger partial charge in [-0.3, -0.25) is 4.98 Å². The lowest BCUT2D eigenvalue weighted by atomic mass is 10.2. The van der Waals surface area contributed by atoms with E-state index >= 15 is 0 Å². The molecule has 0 aromatic carbocycles. The fourth-order valence-electron chi connectivity index (χ4n) is 1.25. The van der Waals surface area contributed by atoms with E-state index in [-0.39, 0.29) is 6.04 Å². The Labute approximate surface area is 87.5 Å². The van der Waals surface area contributed by atoms with Gasteiger partial charge in [0.15, 0.2) is 5.82 Å². The topological polar surface area (TPSA) is 63.8 Å². The number of aromatic nitrogens is 3. The van der Waals surface area contributed by atoms with Crippen LogP contribution >= 0.6 is 0 Å². The van der Waals surface area contributed by atoms with E-state index < -0.39 is 0 Å². The number of hydrogen-bond donors (Lipinski definition) is 1. The Kier molecular flexibility index (Phi) is 3.04. The summed E-state index contributed by atoms with van der Waals surface area (Å²) in [6.45, 7) is 2.62. The third-order valence-electron chi connectivity index (χ3n) is 2.10. The first-order valence-corrected chi connectivity index (χ1v) is 4.76. The van der Waals surface area contributed by atoms with Crippen molar-refractivity contribution >= 4 is 0 Å². The molecule has 2 aromatic heterocycles. The first kappa shape index (κ1) is 9.79. The van der Waals surface area contributed by atoms with E-state index in [1.807, 2.05) is 25.1 Å². The highest BCUT2D eigenvalue weighted by Crippen LogP contribution is 2.07. The molecule has 0 bridgehead atoms. The fraction of sp³-hybridized carbons (Fsp3) is 0.300. The van der Waals surface area contributed by atoms with Crippen LogP contribution < -0.4 is 5.32 Å². The molecule has 1 unspecified atom stereocenters. The highest BCUT2D eigenvalue weighted by molar-refractivity contribution is 5.07. The molecule has 0 aliphatic carbocycles. The molecule has 0 amide bonds. The summed E-state index contributed by atoms with van der Waals surface area (Å²) < 4.78 is 4.64. The molecule has 0 spiro atoms. The van der Waals surface area contributed by atoms with Crippen molar-refractivity contribution in [2.75, 3.05) is 0 Å². The van der Waals surface area contributed by atoms with Gasteiger partial charge in [0, 0.05) is 12.2 Å². The Bertz CT molecular complexity index is 387. The van der Waals surface area contributed by atoms with Crippen LogP contribution in [0.3, 0.4) is 0 Å². The maximum atomic E-state index is 4.64. The summed E-state index contributed by atoms with van der Waals surface area (Å²) in [4.78, 5) is 8.17. The van der Waals surface area contributed by atoms with Gasteiger partial charge in [-0.2, -0.15) is 4.98 Å². The van der Waals surface area contributed by atoms with E-state index in [1.165, 1.54) is 6.39 Å². The summed E-state index contributed by atoms with van der Waals surface area (Å²) in [5, 5.41) is 6.97. The van der Waals surface area contributed by atoms with E-state index in [0.717, 1.165) is 5.69 Å². The lowest BCUT2D eigenvalue weighted by Gasteiger charge is -2.10. The van der Waals surface area contributed by atoms with Crippen LogP contribution in [0.25, 0.3) is 0 Å². The standard InChI is InChI=1S/C10H12N4O/c1-8(9-4-2-3-5-11-9)12-6-10-13-7-15-14-10/h2-5,7-8,12H,6H2,1H3. The minimum atomic E-state index is 0.171. The third kappa shape index (κ3) is 2.60. The van der Waals surface area contributed by atoms with E-state index in [9.17, 15) is 0 Å². The van der Waals surface area contributed by atoms with Crippen LogP contribution in [0.1, 0.15) is 24.5 Å². The van der Waals surface area contributed by atoms with E-state index in [2.05, 4.69) is 25.0 Å². The second-order valence-electron chi connectivity index (χ2n) is 3.20. The highest BCUT2D eigenvalue weighted by Gasteiger charge is 2.06. The van der Waals surface area contributed by atoms with Crippen LogP contribution in [0, 0.1) is 0 Å². The highest BCUT2D eigenvalue weighted by atomic mass is 16.5. The zero-order valence-corrected chi connectivity index (χ0v) is 8.42. The lowest BCUT2D eigenvalue weighted by Crippen LogP contribution is -2.19. The molecule has 0 saturated heterocycles. The summed E-state index contributed by atoms with van der Waals surface area (Å²) in [5.41, 5.74) is 1.00. The minimum absolute atomic E-state index is 0.171. The average molecular weight is 204 g/mol. The first-order valence-electron chi connectivity index (χ1n) is 4.76. The summed E-state index contributed by atoms with van der Waals surface area (Å²) in [5.74, 6) is 0.651. The van der Waals surface area contributed by atoms with Gasteiger partial charge >= 0.3 is 0 Å². The van der Waals surface area contributed by atoms with E-state index in [4.69, 9.17) is 0 Å². The van der Waals surface area contributed by atoms with Crippen molar-refractivity contribution in [2.45, 2.75) is 19.5 Å². The van der Waals surface area contributed by atoms with Gasteiger partial charge in [0.05, 0.1) is 12.2 Å². The zero-order valence-electron chi connectivity index (χ0n) is 8.42. The van der Waals surface area contributed by atoms with Gasteiger partial charge in [0.25, 0.3) is 0 Å². The lowest BCUT2D eigenvalue weighted by molar-refractivity contribution is 0.404. The second kappa shape index (κ2) is 4.65. The molecule has 1 N–H and O–H groups in total. The smallest absolute Gasteiger partial charge is 0.213 e. The van der Waals surface area contributed by atoms with Crippen LogP contribution in [-0.2, 0) is 6.54 Å². The quantitative estimate of drug-likeness (QED) is 0.813. The largest absolute Gasteiger partial charge is 0.343 e. The van der Waals surface area contributed by atoms with Gasteiger partial charge in [0.1, 0.15) is 0 Å². The SMILES string of the molecule is CC(NCc1ncon1)c1ccccn1.